The zero-order valence-electron chi connectivity index (χ0n) is 35.2. The van der Waals surface area contributed by atoms with Gasteiger partial charge in [-0.05, 0) is 53.6 Å². The first-order chi connectivity index (χ1) is 29.5. The number of fused-ring (bicyclic) bond motifs is 3. The molecule has 4 aromatic heterocycles. The number of hydrogen-bond donors (Lipinski definition) is 4. The Labute approximate surface area is 360 Å². The lowest BCUT2D eigenvalue weighted by Gasteiger charge is -2.36. The molecule has 7 rings (SSSR count). The molecule has 4 N–H and O–H groups in total. The van der Waals surface area contributed by atoms with Crippen LogP contribution in [0.4, 0.5) is 0 Å². The van der Waals surface area contributed by atoms with Crippen LogP contribution in [0.15, 0.2) is 84.8 Å². The van der Waals surface area contributed by atoms with Crippen molar-refractivity contribution >= 4 is 45.0 Å². The molecular weight excluding hydrogens is 795 g/mol. The number of thiazole rings is 1. The van der Waals surface area contributed by atoms with E-state index in [4.69, 9.17) is 18.9 Å². The molecule has 0 saturated carbocycles. The van der Waals surface area contributed by atoms with E-state index in [0.29, 0.717) is 65.0 Å². The maximum absolute atomic E-state index is 13.4. The van der Waals surface area contributed by atoms with E-state index in [1.54, 1.807) is 23.7 Å². The quantitative estimate of drug-likeness (QED) is 0.0672. The van der Waals surface area contributed by atoms with Crippen molar-refractivity contribution in [3.05, 3.63) is 96.0 Å². The zero-order valence-corrected chi connectivity index (χ0v) is 36.0. The fourth-order valence-electron chi connectivity index (χ4n) is 7.39. The number of amides is 2. The van der Waals surface area contributed by atoms with Crippen molar-refractivity contribution in [2.75, 3.05) is 59.3 Å². The van der Waals surface area contributed by atoms with E-state index in [1.165, 1.54) is 0 Å². The standard InChI is InChI=1S/C46H55N7O7S/c1-30-44(61-29-50-30)32-7-5-31(6-8-32)23-49-45(56)40-22-35(54)26-53(40)27-41(46(2,3)4)52-42(55)28-59-18-17-57-15-16-58-19-20-60-43-12-10-34(24-48-43)33-9-11-36-37-25-47-14-13-38(37)51-39(36)21-33/h5-14,21,24-25,29,35,40-41,51,54H,15-20,22-23,26-28H2,1-4H3,(H,49,56)(H,52,55)/t35-,40+,41-/m1/s1. The van der Waals surface area contributed by atoms with Gasteiger partial charge in [0.2, 0.25) is 17.7 Å². The van der Waals surface area contributed by atoms with Crippen LogP contribution in [0.1, 0.15) is 38.4 Å². The number of aliphatic hydroxyl groups excluding tert-OH is 1. The minimum Gasteiger partial charge on any atom is -0.475 e. The van der Waals surface area contributed by atoms with Gasteiger partial charge in [0, 0.05) is 77.7 Å². The Hall–Kier alpha value is -5.29. The predicted octanol–water partition coefficient (Wildman–Crippen LogP) is 5.92. The summed E-state index contributed by atoms with van der Waals surface area (Å²) < 4.78 is 22.6. The summed E-state index contributed by atoms with van der Waals surface area (Å²) in [6, 6.07) is 19.4. The average molecular weight is 850 g/mol. The van der Waals surface area contributed by atoms with Gasteiger partial charge in [0.05, 0.1) is 61.3 Å². The summed E-state index contributed by atoms with van der Waals surface area (Å²) in [5.41, 5.74) is 8.76. The van der Waals surface area contributed by atoms with Gasteiger partial charge in [0.15, 0.2) is 0 Å². The van der Waals surface area contributed by atoms with Crippen LogP contribution in [0.5, 0.6) is 5.88 Å². The van der Waals surface area contributed by atoms with E-state index in [-0.39, 0.29) is 36.5 Å². The summed E-state index contributed by atoms with van der Waals surface area (Å²) in [6.45, 7) is 11.2. The van der Waals surface area contributed by atoms with E-state index in [9.17, 15) is 14.7 Å². The second kappa shape index (κ2) is 20.5. The summed E-state index contributed by atoms with van der Waals surface area (Å²) in [4.78, 5) is 45.9. The Morgan fingerprint density at radius 1 is 0.885 bits per heavy atom. The van der Waals surface area contributed by atoms with Crippen molar-refractivity contribution in [2.24, 2.45) is 5.41 Å². The second-order valence-corrected chi connectivity index (χ2v) is 17.2. The van der Waals surface area contributed by atoms with Gasteiger partial charge < -0.3 is 39.7 Å². The first-order valence-electron chi connectivity index (χ1n) is 20.7. The Kier molecular flexibility index (Phi) is 14.7. The number of hydrogen-bond acceptors (Lipinski definition) is 12. The number of nitrogens with one attached hydrogen (secondary N) is 3. The molecule has 1 fully saturated rings. The highest BCUT2D eigenvalue weighted by Gasteiger charge is 2.39. The van der Waals surface area contributed by atoms with E-state index < -0.39 is 12.1 Å². The number of nitrogens with zero attached hydrogens (tertiary/aromatic N) is 4. The van der Waals surface area contributed by atoms with Crippen molar-refractivity contribution in [3.8, 4) is 27.4 Å². The highest BCUT2D eigenvalue weighted by atomic mass is 32.1. The Morgan fingerprint density at radius 2 is 1.62 bits per heavy atom. The SMILES string of the molecule is Cc1ncsc1-c1ccc(CNC(=O)[C@@H]2C[C@@H](O)CN2C[C@@H](NC(=O)COCCOCCOCCOc2ccc(-c3ccc4c(c3)[nH]c3ccncc34)cn2)C(C)(C)C)cc1. The molecule has 2 amide bonds. The van der Waals surface area contributed by atoms with Crippen molar-refractivity contribution in [2.45, 2.75) is 58.8 Å². The van der Waals surface area contributed by atoms with Gasteiger partial charge >= 0.3 is 0 Å². The molecule has 0 spiro atoms. The average Bonchev–Trinajstić information content (AvgIpc) is 3.97. The van der Waals surface area contributed by atoms with Crippen molar-refractivity contribution in [1.82, 2.24) is 35.5 Å². The molecule has 61 heavy (non-hydrogen) atoms. The number of β-amino-alcohol motifs (C(OH)–C–C–N with tert-alkyl or cyclic N) is 1. The lowest BCUT2D eigenvalue weighted by atomic mass is 9.86. The molecule has 14 nitrogen and oxygen atoms in total. The normalized spacial score (nSPS) is 16.3. The molecule has 322 valence electrons. The first-order valence-corrected chi connectivity index (χ1v) is 21.6. The molecule has 0 unspecified atom stereocenters. The van der Waals surface area contributed by atoms with Gasteiger partial charge in [-0.15, -0.1) is 11.3 Å². The summed E-state index contributed by atoms with van der Waals surface area (Å²) in [5, 5.41) is 18.9. The van der Waals surface area contributed by atoms with E-state index in [0.717, 1.165) is 54.6 Å². The Balaban J connectivity index is 0.748. The van der Waals surface area contributed by atoms with Gasteiger partial charge in [-0.25, -0.2) is 9.97 Å². The van der Waals surface area contributed by atoms with Crippen LogP contribution in [-0.2, 0) is 30.3 Å². The fraction of sp³-hybridized carbons (Fsp3) is 0.413. The van der Waals surface area contributed by atoms with Crippen LogP contribution in [-0.4, -0.2) is 119 Å². The van der Waals surface area contributed by atoms with E-state index in [1.807, 2.05) is 86.8 Å². The summed E-state index contributed by atoms with van der Waals surface area (Å²) in [7, 11) is 0. The molecule has 6 aromatic rings. The number of carbonyl (C=O) groups is 2. The lowest BCUT2D eigenvalue weighted by molar-refractivity contribution is -0.128. The number of likely N-dealkylation sites (tertiary alicyclic amines) is 1. The lowest BCUT2D eigenvalue weighted by Crippen LogP contribution is -2.54. The number of aromatic amines is 1. The molecule has 0 bridgehead atoms. The van der Waals surface area contributed by atoms with Crippen LogP contribution < -0.4 is 15.4 Å². The van der Waals surface area contributed by atoms with Crippen LogP contribution in [0, 0.1) is 12.3 Å². The second-order valence-electron chi connectivity index (χ2n) is 16.3. The number of aliphatic hydroxyl groups is 1. The molecule has 3 atom stereocenters. The molecule has 1 aliphatic heterocycles. The molecule has 0 radical (unpaired) electrons. The maximum Gasteiger partial charge on any atom is 0.246 e. The van der Waals surface area contributed by atoms with Gasteiger partial charge in [-0.1, -0.05) is 57.2 Å². The van der Waals surface area contributed by atoms with Crippen molar-refractivity contribution in [3.63, 3.8) is 0 Å². The number of carbonyl (C=O) groups excluding carboxylic acids is 2. The van der Waals surface area contributed by atoms with Crippen LogP contribution >= 0.6 is 11.3 Å². The van der Waals surface area contributed by atoms with Crippen LogP contribution in [0.3, 0.4) is 0 Å². The van der Waals surface area contributed by atoms with Crippen molar-refractivity contribution in [1.29, 1.82) is 0 Å². The molecule has 15 heteroatoms. The fourth-order valence-corrected chi connectivity index (χ4v) is 8.20. The highest BCUT2D eigenvalue weighted by Crippen LogP contribution is 2.30. The predicted molar refractivity (Wildman–Crippen MR) is 236 cm³/mol. The monoisotopic (exact) mass is 849 g/mol. The summed E-state index contributed by atoms with van der Waals surface area (Å²) >= 11 is 1.61. The third kappa shape index (κ3) is 11.8. The number of pyridine rings is 2. The smallest absolute Gasteiger partial charge is 0.246 e. The largest absolute Gasteiger partial charge is 0.475 e. The van der Waals surface area contributed by atoms with Gasteiger partial charge in [0.25, 0.3) is 0 Å². The van der Waals surface area contributed by atoms with E-state index in [2.05, 4.69) is 48.8 Å². The minimum absolute atomic E-state index is 0.121. The van der Waals surface area contributed by atoms with Gasteiger partial charge in [-0.2, -0.15) is 0 Å². The number of ether oxygens (including phenoxy) is 4. The van der Waals surface area contributed by atoms with Gasteiger partial charge in [-0.3, -0.25) is 19.5 Å². The summed E-state index contributed by atoms with van der Waals surface area (Å²) in [6.07, 6.45) is 5.16. The molecule has 0 aliphatic carbocycles. The van der Waals surface area contributed by atoms with Crippen LogP contribution in [0.2, 0.25) is 0 Å². The van der Waals surface area contributed by atoms with E-state index >= 15 is 0 Å². The Bertz CT molecular complexity index is 2360. The zero-order chi connectivity index (χ0) is 42.8. The molecular formula is C46H55N7O7S. The highest BCUT2D eigenvalue weighted by molar-refractivity contribution is 7.13. The third-order valence-corrected chi connectivity index (χ3v) is 11.8. The number of H-pyrrole nitrogens is 1. The topological polar surface area (TPSA) is 173 Å². The maximum atomic E-state index is 13.4. The molecule has 2 aromatic carbocycles. The minimum atomic E-state index is -0.629. The molecule has 5 heterocycles. The molecule has 1 aliphatic rings. The number of aryl methyl sites for hydroxylation is 1. The van der Waals surface area contributed by atoms with Crippen LogP contribution in [0.25, 0.3) is 43.4 Å². The third-order valence-electron chi connectivity index (χ3n) is 10.8. The number of benzene rings is 2. The van der Waals surface area contributed by atoms with Gasteiger partial charge in [0.1, 0.15) is 13.2 Å². The van der Waals surface area contributed by atoms with Crippen molar-refractivity contribution < 1.29 is 33.6 Å². The number of rotatable bonds is 20. The first kappa shape index (κ1) is 43.8. The Morgan fingerprint density at radius 3 is 2.34 bits per heavy atom. The molecule has 1 saturated heterocycles. The number of aromatic nitrogens is 4. The summed E-state index contributed by atoms with van der Waals surface area (Å²) in [5.74, 6) is 0.124.